The van der Waals surface area contributed by atoms with Crippen molar-refractivity contribution in [2.75, 3.05) is 13.6 Å². The van der Waals surface area contributed by atoms with Gasteiger partial charge in [0.15, 0.2) is 0 Å². The van der Waals surface area contributed by atoms with Crippen molar-refractivity contribution in [2.45, 2.75) is 26.1 Å². The lowest BCUT2D eigenvalue weighted by atomic mass is 10.0. The van der Waals surface area contributed by atoms with Crippen LogP contribution in [-0.2, 0) is 6.54 Å². The van der Waals surface area contributed by atoms with Gasteiger partial charge in [0.1, 0.15) is 6.17 Å². The van der Waals surface area contributed by atoms with E-state index in [2.05, 4.69) is 127 Å². The quantitative estimate of drug-likeness (QED) is 0.177. The van der Waals surface area contributed by atoms with Gasteiger partial charge in [0.05, 0.1) is 11.4 Å². The van der Waals surface area contributed by atoms with Gasteiger partial charge in [-0.3, -0.25) is 0 Å². The molecule has 0 aliphatic rings. The summed E-state index contributed by atoms with van der Waals surface area (Å²) >= 11 is 0. The lowest BCUT2D eigenvalue weighted by Crippen LogP contribution is -2.43. The summed E-state index contributed by atoms with van der Waals surface area (Å²) in [5.74, 6) is 0. The van der Waals surface area contributed by atoms with E-state index in [-0.39, 0.29) is 6.17 Å². The van der Waals surface area contributed by atoms with Crippen LogP contribution in [0.15, 0.2) is 122 Å². The maximum atomic E-state index is 4.48. The predicted molar refractivity (Wildman–Crippen MR) is 144 cm³/mol. The first-order chi connectivity index (χ1) is 16.5. The van der Waals surface area contributed by atoms with E-state index in [1.54, 1.807) is 6.20 Å². The minimum atomic E-state index is -0.207. The van der Waals surface area contributed by atoms with Crippen LogP contribution in [0.1, 0.15) is 30.6 Å². The van der Waals surface area contributed by atoms with Crippen molar-refractivity contribution in [1.29, 1.82) is 0 Å². The van der Waals surface area contributed by atoms with Crippen molar-refractivity contribution in [3.05, 3.63) is 133 Å². The predicted octanol–water partition coefficient (Wildman–Crippen LogP) is 6.46. The molecule has 0 spiro atoms. The highest BCUT2D eigenvalue weighted by Crippen LogP contribution is 2.30. The maximum absolute atomic E-state index is 4.48. The number of hydrogen-bond donors (Lipinski definition) is 2. The smallest absolute Gasteiger partial charge is 0.123 e. The van der Waals surface area contributed by atoms with Gasteiger partial charge < -0.3 is 15.2 Å². The van der Waals surface area contributed by atoms with E-state index in [1.807, 2.05) is 12.1 Å². The van der Waals surface area contributed by atoms with E-state index in [9.17, 15) is 0 Å². The van der Waals surface area contributed by atoms with Crippen molar-refractivity contribution in [1.82, 2.24) is 20.7 Å². The van der Waals surface area contributed by atoms with Gasteiger partial charge in [0, 0.05) is 26.3 Å². The Labute approximate surface area is 204 Å². The molecule has 4 heteroatoms. The normalized spacial score (nSPS) is 11.4. The number of nitrogens with zero attached hydrogens (tertiary/aromatic N) is 2. The van der Waals surface area contributed by atoms with Gasteiger partial charge >= 0.3 is 0 Å². The van der Waals surface area contributed by atoms with Gasteiger partial charge in [-0.25, -0.2) is 5.43 Å². The third kappa shape index (κ3) is 6.40. The van der Waals surface area contributed by atoms with Crippen LogP contribution in [0, 0.1) is 0 Å². The molecule has 0 aromatic heterocycles. The summed E-state index contributed by atoms with van der Waals surface area (Å²) < 4.78 is 0. The number of rotatable bonds is 13. The first-order valence-corrected chi connectivity index (χ1v) is 11.7. The van der Waals surface area contributed by atoms with Crippen molar-refractivity contribution in [3.8, 4) is 11.1 Å². The Kier molecular flexibility index (Phi) is 9.12. The van der Waals surface area contributed by atoms with E-state index >= 15 is 0 Å². The molecule has 3 aromatic carbocycles. The first kappa shape index (κ1) is 24.9. The fourth-order valence-corrected chi connectivity index (χ4v) is 3.98. The summed E-state index contributed by atoms with van der Waals surface area (Å²) in [4.78, 5) is 4.42. The van der Waals surface area contributed by atoms with E-state index in [0.717, 1.165) is 35.5 Å². The lowest BCUT2D eigenvalue weighted by Gasteiger charge is -2.38. The fourth-order valence-electron chi connectivity index (χ4n) is 3.98. The molecule has 3 rings (SSSR count). The SMILES string of the molecule is C=CNNC(c1cccc(-c2ccccc2)c1)N(Cc1ccccc1)C(=C)C(=C)N(C)CCC. The Morgan fingerprint density at radius 2 is 1.53 bits per heavy atom. The molecule has 0 amide bonds. The van der Waals surface area contributed by atoms with Crippen LogP contribution < -0.4 is 10.9 Å². The molecule has 4 nitrogen and oxygen atoms in total. The summed E-state index contributed by atoms with van der Waals surface area (Å²) in [6.07, 6.45) is 2.48. The van der Waals surface area contributed by atoms with Gasteiger partial charge in [-0.1, -0.05) is 106 Å². The zero-order valence-electron chi connectivity index (χ0n) is 20.4. The molecule has 0 radical (unpaired) electrons. The molecule has 0 saturated carbocycles. The molecule has 176 valence electrons. The van der Waals surface area contributed by atoms with Gasteiger partial charge in [-0.15, -0.1) is 0 Å². The highest BCUT2D eigenvalue weighted by Gasteiger charge is 2.24. The topological polar surface area (TPSA) is 30.5 Å². The number of likely N-dealkylation sites (N-methyl/N-ethyl adjacent to an activating group) is 1. The lowest BCUT2D eigenvalue weighted by molar-refractivity contribution is 0.191. The summed E-state index contributed by atoms with van der Waals surface area (Å²) in [6.45, 7) is 16.4. The van der Waals surface area contributed by atoms with Crippen LogP contribution in [0.5, 0.6) is 0 Å². The highest BCUT2D eigenvalue weighted by atomic mass is 15.5. The van der Waals surface area contributed by atoms with E-state index in [1.165, 1.54) is 11.1 Å². The van der Waals surface area contributed by atoms with Crippen molar-refractivity contribution < 1.29 is 0 Å². The van der Waals surface area contributed by atoms with Crippen molar-refractivity contribution >= 4 is 0 Å². The molecule has 0 fully saturated rings. The van der Waals surface area contributed by atoms with E-state index < -0.39 is 0 Å². The second kappa shape index (κ2) is 12.5. The molecule has 0 saturated heterocycles. The number of hydrogen-bond acceptors (Lipinski definition) is 4. The molecule has 1 unspecified atom stereocenters. The fraction of sp³-hybridized carbons (Fsp3) is 0.200. The average Bonchev–Trinajstić information content (AvgIpc) is 2.88. The van der Waals surface area contributed by atoms with Crippen LogP contribution >= 0.6 is 0 Å². The second-order valence-corrected chi connectivity index (χ2v) is 8.32. The van der Waals surface area contributed by atoms with Crippen LogP contribution in [-0.4, -0.2) is 23.4 Å². The average molecular weight is 453 g/mol. The summed E-state index contributed by atoms with van der Waals surface area (Å²) in [6, 6.07) is 29.5. The minimum Gasteiger partial charge on any atom is -0.373 e. The minimum absolute atomic E-state index is 0.207. The van der Waals surface area contributed by atoms with E-state index in [4.69, 9.17) is 0 Å². The van der Waals surface area contributed by atoms with Crippen LogP contribution in [0.3, 0.4) is 0 Å². The van der Waals surface area contributed by atoms with Crippen LogP contribution in [0.2, 0.25) is 0 Å². The molecule has 34 heavy (non-hydrogen) atoms. The summed E-state index contributed by atoms with van der Waals surface area (Å²) in [7, 11) is 2.07. The number of benzene rings is 3. The number of nitrogens with one attached hydrogen (secondary N) is 2. The molecule has 0 bridgehead atoms. The molecule has 0 heterocycles. The molecule has 0 aliphatic heterocycles. The first-order valence-electron chi connectivity index (χ1n) is 11.7. The summed E-state index contributed by atoms with van der Waals surface area (Å²) in [5, 5.41) is 0. The van der Waals surface area contributed by atoms with Crippen molar-refractivity contribution in [2.24, 2.45) is 0 Å². The van der Waals surface area contributed by atoms with Gasteiger partial charge in [-0.2, -0.15) is 0 Å². The Hall–Kier alpha value is -3.76. The highest BCUT2D eigenvalue weighted by molar-refractivity contribution is 5.64. The molecule has 0 aliphatic carbocycles. The van der Waals surface area contributed by atoms with Crippen LogP contribution in [0.25, 0.3) is 11.1 Å². The van der Waals surface area contributed by atoms with Gasteiger partial charge in [0.25, 0.3) is 0 Å². The standard InChI is InChI=1S/C30H36N4/c1-6-21-33(5)24(3)25(4)34(23-26-15-10-8-11-16-26)30(32-31-7-2)29-20-14-19-28(22-29)27-17-12-9-13-18-27/h7-20,22,30-32H,2-4,6,21,23H2,1,5H3. The third-order valence-corrected chi connectivity index (χ3v) is 5.84. The second-order valence-electron chi connectivity index (χ2n) is 8.32. The molecular formula is C30H36N4. The van der Waals surface area contributed by atoms with Gasteiger partial charge in [0.2, 0.25) is 0 Å². The zero-order chi connectivity index (χ0) is 24.3. The van der Waals surface area contributed by atoms with E-state index in [0.29, 0.717) is 6.54 Å². The molecule has 3 aromatic rings. The Bertz CT molecular complexity index is 1080. The van der Waals surface area contributed by atoms with Crippen molar-refractivity contribution in [3.63, 3.8) is 0 Å². The Morgan fingerprint density at radius 3 is 2.18 bits per heavy atom. The maximum Gasteiger partial charge on any atom is 0.123 e. The van der Waals surface area contributed by atoms with Crippen LogP contribution in [0.4, 0.5) is 0 Å². The molecule has 2 N–H and O–H groups in total. The summed E-state index contributed by atoms with van der Waals surface area (Å²) in [5.41, 5.74) is 13.0. The third-order valence-electron chi connectivity index (χ3n) is 5.84. The monoisotopic (exact) mass is 452 g/mol. The Morgan fingerprint density at radius 1 is 0.882 bits per heavy atom. The number of hydrazine groups is 1. The molecular weight excluding hydrogens is 416 g/mol. The molecule has 1 atom stereocenters. The zero-order valence-corrected chi connectivity index (χ0v) is 20.4. The van der Waals surface area contributed by atoms with Gasteiger partial charge in [-0.05, 0) is 34.7 Å². The largest absolute Gasteiger partial charge is 0.373 e. The Balaban J connectivity index is 2.03.